The van der Waals surface area contributed by atoms with E-state index in [-0.39, 0.29) is 12.4 Å². The van der Waals surface area contributed by atoms with Gasteiger partial charge in [-0.2, -0.15) is 0 Å². The number of hydrogen-bond donors (Lipinski definition) is 1. The highest BCUT2D eigenvalue weighted by molar-refractivity contribution is 5.85. The molecule has 0 aliphatic carbocycles. The minimum Gasteiger partial charge on any atom is -0.315 e. The molecule has 2 nitrogen and oxygen atoms in total. The summed E-state index contributed by atoms with van der Waals surface area (Å²) >= 11 is 0. The largest absolute Gasteiger partial charge is 0.315 e. The third-order valence-corrected chi connectivity index (χ3v) is 3.66. The molecule has 1 saturated heterocycles. The zero-order valence-electron chi connectivity index (χ0n) is 10.7. The predicted octanol–water partition coefficient (Wildman–Crippen LogP) is 2.54. The highest BCUT2D eigenvalue weighted by atomic mass is 35.5. The third-order valence-electron chi connectivity index (χ3n) is 3.66. The van der Waals surface area contributed by atoms with Crippen LogP contribution in [0.25, 0.3) is 0 Å². The first kappa shape index (κ1) is 14.5. The normalized spacial score (nSPS) is 25.3. The molecule has 1 heterocycles. The molecule has 1 fully saturated rings. The number of likely N-dealkylation sites (tertiary alicyclic amines) is 1. The summed E-state index contributed by atoms with van der Waals surface area (Å²) in [4.78, 5) is 2.55. The summed E-state index contributed by atoms with van der Waals surface area (Å²) in [6, 6.07) is 11.4. The minimum absolute atomic E-state index is 0. The van der Waals surface area contributed by atoms with Crippen molar-refractivity contribution in [1.29, 1.82) is 0 Å². The summed E-state index contributed by atoms with van der Waals surface area (Å²) in [5.74, 6) is 0.803. The van der Waals surface area contributed by atoms with Gasteiger partial charge < -0.3 is 5.32 Å². The van der Waals surface area contributed by atoms with E-state index >= 15 is 0 Å². The molecule has 1 aromatic rings. The Morgan fingerprint density at radius 3 is 2.65 bits per heavy atom. The Kier molecular flexibility index (Phi) is 5.96. The predicted molar refractivity (Wildman–Crippen MR) is 75.6 cm³/mol. The fourth-order valence-electron chi connectivity index (χ4n) is 2.50. The monoisotopic (exact) mass is 254 g/mol. The molecule has 1 aliphatic rings. The number of likely N-dealkylation sites (N-methyl/N-ethyl adjacent to an activating group) is 1. The molecule has 0 saturated carbocycles. The molecule has 0 radical (unpaired) electrons. The first-order valence-corrected chi connectivity index (χ1v) is 6.23. The van der Waals surface area contributed by atoms with E-state index in [4.69, 9.17) is 0 Å². The van der Waals surface area contributed by atoms with Crippen molar-refractivity contribution in [2.75, 3.05) is 20.1 Å². The first-order valence-electron chi connectivity index (χ1n) is 6.23. The van der Waals surface area contributed by atoms with Crippen LogP contribution in [0.4, 0.5) is 0 Å². The van der Waals surface area contributed by atoms with Crippen molar-refractivity contribution in [3.63, 3.8) is 0 Å². The average molecular weight is 255 g/mol. The zero-order chi connectivity index (χ0) is 11.4. The van der Waals surface area contributed by atoms with Gasteiger partial charge in [-0.15, -0.1) is 12.4 Å². The van der Waals surface area contributed by atoms with Crippen molar-refractivity contribution in [1.82, 2.24) is 10.2 Å². The van der Waals surface area contributed by atoms with Crippen LogP contribution in [-0.4, -0.2) is 31.1 Å². The quantitative estimate of drug-likeness (QED) is 0.892. The van der Waals surface area contributed by atoms with Crippen molar-refractivity contribution in [2.24, 2.45) is 5.92 Å². The maximum absolute atomic E-state index is 3.43. The lowest BCUT2D eigenvalue weighted by Crippen LogP contribution is -2.48. The molecule has 1 aromatic carbocycles. The summed E-state index contributed by atoms with van der Waals surface area (Å²) in [6.45, 7) is 5.84. The van der Waals surface area contributed by atoms with Gasteiger partial charge in [0, 0.05) is 19.1 Å². The van der Waals surface area contributed by atoms with Crippen molar-refractivity contribution in [3.8, 4) is 0 Å². The fourth-order valence-corrected chi connectivity index (χ4v) is 2.50. The van der Waals surface area contributed by atoms with Gasteiger partial charge in [-0.05, 0) is 31.5 Å². The van der Waals surface area contributed by atoms with Crippen molar-refractivity contribution >= 4 is 12.4 Å². The standard InChI is InChI=1S/C14H22N2.ClH/c1-12-8-9-16(11-14(12)15-2)10-13-6-4-3-5-7-13;/h3-7,12,14-15H,8-11H2,1-2H3;1H/t12-,14-;/m1./s1. The molecule has 2 rings (SSSR count). The minimum atomic E-state index is 0. The Hall–Kier alpha value is -0.570. The number of halogens is 1. The number of nitrogens with zero attached hydrogens (tertiary/aromatic N) is 1. The summed E-state index contributed by atoms with van der Waals surface area (Å²) in [5, 5.41) is 3.43. The molecule has 1 N–H and O–H groups in total. The molecule has 0 bridgehead atoms. The van der Waals surface area contributed by atoms with Crippen LogP contribution in [0.5, 0.6) is 0 Å². The Bertz CT molecular complexity index is 315. The van der Waals surface area contributed by atoms with E-state index in [2.05, 4.69) is 54.5 Å². The Morgan fingerprint density at radius 1 is 1.29 bits per heavy atom. The molecule has 17 heavy (non-hydrogen) atoms. The maximum Gasteiger partial charge on any atom is 0.0234 e. The zero-order valence-corrected chi connectivity index (χ0v) is 11.5. The van der Waals surface area contributed by atoms with Crippen LogP contribution in [0.15, 0.2) is 30.3 Å². The number of nitrogens with one attached hydrogen (secondary N) is 1. The maximum atomic E-state index is 3.43. The summed E-state index contributed by atoms with van der Waals surface area (Å²) < 4.78 is 0. The van der Waals surface area contributed by atoms with Crippen LogP contribution in [0.3, 0.4) is 0 Å². The van der Waals surface area contributed by atoms with E-state index in [1.165, 1.54) is 25.1 Å². The van der Waals surface area contributed by atoms with Gasteiger partial charge in [-0.25, -0.2) is 0 Å². The van der Waals surface area contributed by atoms with Crippen molar-refractivity contribution in [3.05, 3.63) is 35.9 Å². The van der Waals surface area contributed by atoms with Gasteiger partial charge in [0.05, 0.1) is 0 Å². The van der Waals surface area contributed by atoms with Gasteiger partial charge in [-0.1, -0.05) is 37.3 Å². The Morgan fingerprint density at radius 2 is 2.00 bits per heavy atom. The molecule has 1 aliphatic heterocycles. The molecule has 2 atom stereocenters. The Labute approximate surface area is 111 Å². The second-order valence-electron chi connectivity index (χ2n) is 4.88. The summed E-state index contributed by atoms with van der Waals surface area (Å²) in [6.07, 6.45) is 1.30. The second kappa shape index (κ2) is 7.00. The molecular formula is C14H23ClN2. The highest BCUT2D eigenvalue weighted by Gasteiger charge is 2.24. The number of hydrogen-bond acceptors (Lipinski definition) is 2. The first-order chi connectivity index (χ1) is 7.79. The molecule has 0 spiro atoms. The lowest BCUT2D eigenvalue weighted by Gasteiger charge is -2.37. The molecular weight excluding hydrogens is 232 g/mol. The van der Waals surface area contributed by atoms with E-state index in [0.29, 0.717) is 6.04 Å². The van der Waals surface area contributed by atoms with Gasteiger partial charge in [0.25, 0.3) is 0 Å². The number of benzene rings is 1. The van der Waals surface area contributed by atoms with Gasteiger partial charge in [-0.3, -0.25) is 4.90 Å². The van der Waals surface area contributed by atoms with Crippen LogP contribution in [0.2, 0.25) is 0 Å². The topological polar surface area (TPSA) is 15.3 Å². The number of piperidine rings is 1. The van der Waals surface area contributed by atoms with Crippen LogP contribution in [0, 0.1) is 5.92 Å². The molecule has 0 amide bonds. The smallest absolute Gasteiger partial charge is 0.0234 e. The number of rotatable bonds is 3. The molecule has 96 valence electrons. The molecule has 3 heteroatoms. The average Bonchev–Trinajstić information content (AvgIpc) is 2.33. The van der Waals surface area contributed by atoms with Crippen molar-refractivity contribution in [2.45, 2.75) is 25.9 Å². The van der Waals surface area contributed by atoms with Crippen LogP contribution in [0.1, 0.15) is 18.9 Å². The second-order valence-corrected chi connectivity index (χ2v) is 4.88. The van der Waals surface area contributed by atoms with Crippen LogP contribution < -0.4 is 5.32 Å². The summed E-state index contributed by atoms with van der Waals surface area (Å²) in [5.41, 5.74) is 1.42. The molecule has 0 unspecified atom stereocenters. The van der Waals surface area contributed by atoms with Crippen LogP contribution in [-0.2, 0) is 6.54 Å². The third kappa shape index (κ3) is 3.98. The van der Waals surface area contributed by atoms with Crippen LogP contribution >= 0.6 is 12.4 Å². The lowest BCUT2D eigenvalue weighted by atomic mass is 9.93. The van der Waals surface area contributed by atoms with E-state index in [0.717, 1.165) is 12.5 Å². The SMILES string of the molecule is CN[C@@H]1CN(Cc2ccccc2)CC[C@H]1C.Cl. The summed E-state index contributed by atoms with van der Waals surface area (Å²) in [7, 11) is 2.08. The van der Waals surface area contributed by atoms with E-state index in [1.807, 2.05) is 0 Å². The fraction of sp³-hybridized carbons (Fsp3) is 0.571. The Balaban J connectivity index is 0.00000144. The van der Waals surface area contributed by atoms with Gasteiger partial charge >= 0.3 is 0 Å². The van der Waals surface area contributed by atoms with Crippen molar-refractivity contribution < 1.29 is 0 Å². The van der Waals surface area contributed by atoms with E-state index < -0.39 is 0 Å². The van der Waals surface area contributed by atoms with Gasteiger partial charge in [0.15, 0.2) is 0 Å². The van der Waals surface area contributed by atoms with E-state index in [9.17, 15) is 0 Å². The lowest BCUT2D eigenvalue weighted by molar-refractivity contribution is 0.147. The van der Waals surface area contributed by atoms with Gasteiger partial charge in [0.2, 0.25) is 0 Å². The molecule has 0 aromatic heterocycles. The van der Waals surface area contributed by atoms with E-state index in [1.54, 1.807) is 0 Å². The highest BCUT2D eigenvalue weighted by Crippen LogP contribution is 2.18. The van der Waals surface area contributed by atoms with Gasteiger partial charge in [0.1, 0.15) is 0 Å².